The molecule has 2 aliphatic rings. The number of carbonyl (C=O) groups excluding carboxylic acids is 1. The standard InChI is InChI=1S/C15H13N5O5/c1-16-12(21)7-19-14(22)10-5-8-3-4-9(20(24)25)6-11(8)18(2)13(10)17-15(19)23/h3-6H,7H2,1-2H3,(H,16,21). The average Bonchev–Trinajstić information content (AvgIpc) is 2.59. The van der Waals surface area contributed by atoms with Gasteiger partial charge in [0, 0.05) is 26.2 Å². The number of rotatable bonds is 3. The Balaban J connectivity index is 2.36. The van der Waals surface area contributed by atoms with Gasteiger partial charge in [0.15, 0.2) is 5.82 Å². The third-order valence-electron chi connectivity index (χ3n) is 3.93. The molecule has 3 rings (SSSR count). The van der Waals surface area contributed by atoms with E-state index in [1.807, 2.05) is 0 Å². The average molecular weight is 343 g/mol. The molecule has 10 heteroatoms. The molecule has 0 aliphatic carbocycles. The van der Waals surface area contributed by atoms with Crippen molar-refractivity contribution in [3.05, 3.63) is 55.2 Å². The smallest absolute Gasteiger partial charge is 0.352 e. The van der Waals surface area contributed by atoms with E-state index in [0.29, 0.717) is 10.9 Å². The van der Waals surface area contributed by atoms with Crippen molar-refractivity contribution in [1.82, 2.24) is 19.4 Å². The van der Waals surface area contributed by atoms with Gasteiger partial charge in [0.1, 0.15) is 6.54 Å². The van der Waals surface area contributed by atoms with Crippen molar-refractivity contribution in [3.8, 4) is 11.4 Å². The Labute approximate surface area is 139 Å². The topological polar surface area (TPSA) is 129 Å². The third-order valence-corrected chi connectivity index (χ3v) is 3.93. The van der Waals surface area contributed by atoms with Crippen LogP contribution in [-0.4, -0.2) is 32.0 Å². The Bertz CT molecular complexity index is 1110. The lowest BCUT2D eigenvalue weighted by molar-refractivity contribution is -0.384. The number of likely N-dealkylation sites (N-methyl/N-ethyl adjacent to an activating group) is 1. The third kappa shape index (κ3) is 2.63. The normalized spacial score (nSPS) is 11.0. The largest absolute Gasteiger partial charge is 0.358 e. The minimum Gasteiger partial charge on any atom is -0.358 e. The number of nitro groups is 1. The molecule has 1 N–H and O–H groups in total. The molecule has 0 bridgehead atoms. The van der Waals surface area contributed by atoms with Gasteiger partial charge in [-0.1, -0.05) is 0 Å². The molecule has 0 atom stereocenters. The summed E-state index contributed by atoms with van der Waals surface area (Å²) in [6, 6.07) is 5.69. The maximum atomic E-state index is 12.6. The van der Waals surface area contributed by atoms with Gasteiger partial charge in [0.05, 0.1) is 16.0 Å². The highest BCUT2D eigenvalue weighted by Gasteiger charge is 2.20. The van der Waals surface area contributed by atoms with Crippen LogP contribution in [0.2, 0.25) is 0 Å². The highest BCUT2D eigenvalue weighted by atomic mass is 16.6. The van der Waals surface area contributed by atoms with Crippen LogP contribution in [0.4, 0.5) is 5.69 Å². The molecule has 0 saturated carbocycles. The number of benzene rings is 1. The number of hydrogen-bond acceptors (Lipinski definition) is 6. The van der Waals surface area contributed by atoms with Gasteiger partial charge in [0.2, 0.25) is 5.91 Å². The van der Waals surface area contributed by atoms with Crippen LogP contribution in [0.3, 0.4) is 0 Å². The molecule has 0 radical (unpaired) electrons. The van der Waals surface area contributed by atoms with E-state index in [4.69, 9.17) is 0 Å². The number of fused-ring (bicyclic) bond motifs is 2. The molecular weight excluding hydrogens is 330 g/mol. The summed E-state index contributed by atoms with van der Waals surface area (Å²) in [5.41, 5.74) is -1.02. The fourth-order valence-corrected chi connectivity index (χ4v) is 2.61. The molecule has 0 saturated heterocycles. The van der Waals surface area contributed by atoms with Crippen LogP contribution in [0.5, 0.6) is 0 Å². The van der Waals surface area contributed by atoms with Crippen LogP contribution in [0.1, 0.15) is 0 Å². The van der Waals surface area contributed by atoms with Crippen molar-refractivity contribution in [2.75, 3.05) is 7.05 Å². The number of nitrogens with one attached hydrogen (secondary N) is 1. The van der Waals surface area contributed by atoms with Gasteiger partial charge >= 0.3 is 5.69 Å². The quantitative estimate of drug-likeness (QED) is 0.400. The second-order valence-electron chi connectivity index (χ2n) is 5.40. The van der Waals surface area contributed by atoms with E-state index in [9.17, 15) is 24.5 Å². The van der Waals surface area contributed by atoms with Crippen molar-refractivity contribution >= 4 is 22.5 Å². The maximum absolute atomic E-state index is 12.6. The lowest BCUT2D eigenvalue weighted by Crippen LogP contribution is -2.41. The lowest BCUT2D eigenvalue weighted by atomic mass is 10.1. The summed E-state index contributed by atoms with van der Waals surface area (Å²) in [6.45, 7) is -0.431. The molecule has 25 heavy (non-hydrogen) atoms. The number of aryl methyl sites for hydroxylation is 1. The summed E-state index contributed by atoms with van der Waals surface area (Å²) in [5, 5.41) is 13.9. The van der Waals surface area contributed by atoms with Crippen LogP contribution < -0.4 is 16.6 Å². The van der Waals surface area contributed by atoms with Gasteiger partial charge in [-0.15, -0.1) is 0 Å². The molecule has 2 heterocycles. The van der Waals surface area contributed by atoms with Crippen LogP contribution in [-0.2, 0) is 18.4 Å². The number of nitrogens with zero attached hydrogens (tertiary/aromatic N) is 4. The minimum absolute atomic E-state index is 0.0937. The summed E-state index contributed by atoms with van der Waals surface area (Å²) < 4.78 is 2.20. The molecule has 0 spiro atoms. The van der Waals surface area contributed by atoms with Crippen molar-refractivity contribution in [1.29, 1.82) is 0 Å². The first-order chi connectivity index (χ1) is 11.8. The Morgan fingerprint density at radius 3 is 2.68 bits per heavy atom. The molecule has 0 unspecified atom stereocenters. The van der Waals surface area contributed by atoms with E-state index in [0.717, 1.165) is 4.57 Å². The van der Waals surface area contributed by atoms with Crippen molar-refractivity contribution in [2.24, 2.45) is 7.05 Å². The van der Waals surface area contributed by atoms with Crippen LogP contribution in [0, 0.1) is 10.1 Å². The Morgan fingerprint density at radius 2 is 2.04 bits per heavy atom. The summed E-state index contributed by atoms with van der Waals surface area (Å²) >= 11 is 0. The molecule has 128 valence electrons. The number of carbonyl (C=O) groups is 1. The predicted molar refractivity (Wildman–Crippen MR) is 88.6 cm³/mol. The molecule has 1 aromatic rings. The van der Waals surface area contributed by atoms with E-state index < -0.39 is 28.6 Å². The molecule has 10 nitrogen and oxygen atoms in total. The van der Waals surface area contributed by atoms with Gasteiger partial charge in [-0.25, -0.2) is 9.36 Å². The number of non-ortho nitro benzene ring substituents is 1. The fourth-order valence-electron chi connectivity index (χ4n) is 2.61. The predicted octanol–water partition coefficient (Wildman–Crippen LogP) is -0.146. The van der Waals surface area contributed by atoms with E-state index in [-0.39, 0.29) is 17.1 Å². The summed E-state index contributed by atoms with van der Waals surface area (Å²) in [4.78, 5) is 50.5. The van der Waals surface area contributed by atoms with E-state index in [2.05, 4.69) is 10.3 Å². The lowest BCUT2D eigenvalue weighted by Gasteiger charge is -2.15. The first-order valence-corrected chi connectivity index (χ1v) is 7.23. The monoisotopic (exact) mass is 343 g/mol. The zero-order chi connectivity index (χ0) is 18.3. The number of pyridine rings is 1. The van der Waals surface area contributed by atoms with E-state index in [1.165, 1.54) is 35.9 Å². The maximum Gasteiger partial charge on any atom is 0.352 e. The Morgan fingerprint density at radius 1 is 1.32 bits per heavy atom. The molecule has 1 aromatic carbocycles. The summed E-state index contributed by atoms with van der Waals surface area (Å²) in [6.07, 6.45) is 0. The SMILES string of the molecule is CNC(=O)Cn1c(=O)nc2n(C)c3cc([N+](=O)[O-])ccc3cc-2c1=O. The Hall–Kier alpha value is -3.56. The summed E-state index contributed by atoms with van der Waals surface area (Å²) in [5.74, 6) is -0.405. The van der Waals surface area contributed by atoms with Crippen LogP contribution >= 0.6 is 0 Å². The zero-order valence-corrected chi connectivity index (χ0v) is 13.3. The van der Waals surface area contributed by atoms with Gasteiger partial charge in [0.25, 0.3) is 11.2 Å². The summed E-state index contributed by atoms with van der Waals surface area (Å²) in [7, 11) is 2.95. The van der Waals surface area contributed by atoms with Crippen molar-refractivity contribution in [3.63, 3.8) is 0 Å². The number of hydrogen-bond donors (Lipinski definition) is 1. The molecule has 0 aromatic heterocycles. The second kappa shape index (κ2) is 5.82. The number of aromatic nitrogens is 3. The van der Waals surface area contributed by atoms with Crippen molar-refractivity contribution in [2.45, 2.75) is 6.54 Å². The van der Waals surface area contributed by atoms with Crippen LogP contribution in [0.25, 0.3) is 22.3 Å². The molecular formula is C15H13N5O5. The second-order valence-corrected chi connectivity index (χ2v) is 5.40. The van der Waals surface area contributed by atoms with Crippen LogP contribution in [0.15, 0.2) is 33.9 Å². The van der Waals surface area contributed by atoms with E-state index in [1.54, 1.807) is 7.05 Å². The van der Waals surface area contributed by atoms with Gasteiger partial charge in [-0.3, -0.25) is 19.7 Å². The first kappa shape index (κ1) is 16.3. The van der Waals surface area contributed by atoms with Gasteiger partial charge in [-0.2, -0.15) is 4.98 Å². The highest BCUT2D eigenvalue weighted by Crippen LogP contribution is 2.26. The number of nitro benzene ring substituents is 1. The fraction of sp³-hybridized carbons (Fsp3) is 0.200. The minimum atomic E-state index is -0.860. The molecule has 0 fully saturated rings. The molecule has 2 aliphatic heterocycles. The van der Waals surface area contributed by atoms with Gasteiger partial charge in [-0.05, 0) is 17.5 Å². The first-order valence-electron chi connectivity index (χ1n) is 7.23. The van der Waals surface area contributed by atoms with E-state index >= 15 is 0 Å². The highest BCUT2D eigenvalue weighted by molar-refractivity contribution is 5.87. The number of amides is 1. The van der Waals surface area contributed by atoms with Gasteiger partial charge < -0.3 is 9.88 Å². The van der Waals surface area contributed by atoms with Crippen molar-refractivity contribution < 1.29 is 9.72 Å². The zero-order valence-electron chi connectivity index (χ0n) is 13.3. The Kier molecular flexibility index (Phi) is 3.79. The molecule has 1 amide bonds.